The van der Waals surface area contributed by atoms with E-state index in [9.17, 15) is 4.79 Å². The fraction of sp³-hybridized carbons (Fsp3) is 0.385. The third kappa shape index (κ3) is 5.69. The van der Waals surface area contributed by atoms with Crippen molar-refractivity contribution >= 4 is 5.91 Å². The molecule has 0 unspecified atom stereocenters. The summed E-state index contributed by atoms with van der Waals surface area (Å²) in [5, 5.41) is 2.63. The second-order valence-corrected chi connectivity index (χ2v) is 3.82. The number of hydrogen-bond donors (Lipinski definition) is 1. The molecule has 4 nitrogen and oxygen atoms in total. The molecular formula is C13H17N3O. The Labute approximate surface area is 102 Å². The zero-order valence-electron chi connectivity index (χ0n) is 10.0. The Balaban J connectivity index is 2.24. The van der Waals surface area contributed by atoms with Crippen molar-refractivity contribution in [1.82, 2.24) is 15.2 Å². The molecule has 1 aromatic heterocycles. The van der Waals surface area contributed by atoms with Crippen LogP contribution >= 0.6 is 0 Å². The molecule has 1 N–H and O–H groups in total. The van der Waals surface area contributed by atoms with Crippen molar-refractivity contribution in [2.45, 2.75) is 6.42 Å². The minimum atomic E-state index is -0.0415. The summed E-state index contributed by atoms with van der Waals surface area (Å²) >= 11 is 0. The lowest BCUT2D eigenvalue weighted by atomic mass is 10.2. The highest BCUT2D eigenvalue weighted by Crippen LogP contribution is 1.98. The number of pyridine rings is 1. The van der Waals surface area contributed by atoms with Crippen LogP contribution in [0.15, 0.2) is 24.5 Å². The predicted octanol–water partition coefficient (Wildman–Crippen LogP) is 0.305. The number of amides is 1. The van der Waals surface area contributed by atoms with Gasteiger partial charge in [0.25, 0.3) is 0 Å². The number of carbonyl (C=O) groups excluding carboxylic acids is 1. The summed E-state index contributed by atoms with van der Waals surface area (Å²) in [6.07, 6.45) is 9.51. The number of likely N-dealkylation sites (N-methyl/N-ethyl adjacent to an activating group) is 1. The van der Waals surface area contributed by atoms with Crippen molar-refractivity contribution in [2.24, 2.45) is 0 Å². The van der Waals surface area contributed by atoms with Gasteiger partial charge < -0.3 is 5.32 Å². The number of nitrogens with one attached hydrogen (secondary N) is 1. The van der Waals surface area contributed by atoms with Gasteiger partial charge >= 0.3 is 0 Å². The van der Waals surface area contributed by atoms with Crippen molar-refractivity contribution in [3.63, 3.8) is 0 Å². The Kier molecular flexibility index (Phi) is 5.76. The monoisotopic (exact) mass is 231 g/mol. The Morgan fingerprint density at radius 3 is 2.88 bits per heavy atom. The number of nitrogens with zero attached hydrogens (tertiary/aromatic N) is 2. The Hall–Kier alpha value is -1.86. The summed E-state index contributed by atoms with van der Waals surface area (Å²) in [6.45, 7) is 1.48. The summed E-state index contributed by atoms with van der Waals surface area (Å²) < 4.78 is 0. The molecule has 0 saturated carbocycles. The Morgan fingerprint density at radius 1 is 1.53 bits per heavy atom. The third-order valence-corrected chi connectivity index (χ3v) is 2.33. The van der Waals surface area contributed by atoms with E-state index < -0.39 is 0 Å². The van der Waals surface area contributed by atoms with Gasteiger partial charge in [-0.05, 0) is 31.2 Å². The van der Waals surface area contributed by atoms with Gasteiger partial charge in [0.2, 0.25) is 5.91 Å². The van der Waals surface area contributed by atoms with Crippen molar-refractivity contribution < 1.29 is 4.79 Å². The van der Waals surface area contributed by atoms with Gasteiger partial charge in [-0.15, -0.1) is 6.42 Å². The fourth-order valence-electron chi connectivity index (χ4n) is 1.40. The summed E-state index contributed by atoms with van der Waals surface area (Å²) in [6, 6.07) is 3.96. The molecule has 0 aliphatic heterocycles. The van der Waals surface area contributed by atoms with Crippen LogP contribution in [0.5, 0.6) is 0 Å². The highest BCUT2D eigenvalue weighted by molar-refractivity contribution is 5.78. The molecule has 0 aliphatic rings. The largest absolute Gasteiger partial charge is 0.344 e. The molecule has 0 bridgehead atoms. The number of rotatable bonds is 6. The van der Waals surface area contributed by atoms with Crippen molar-refractivity contribution in [3.8, 4) is 12.3 Å². The first kappa shape index (κ1) is 13.2. The smallest absolute Gasteiger partial charge is 0.234 e. The summed E-state index contributed by atoms with van der Waals surface area (Å²) in [5.41, 5.74) is 1.22. The lowest BCUT2D eigenvalue weighted by Gasteiger charge is -2.15. The molecule has 0 atom stereocenters. The SMILES string of the molecule is C#CCNC(=O)CN(C)CCc1ccncc1. The minimum absolute atomic E-state index is 0.0415. The molecule has 0 fully saturated rings. The summed E-state index contributed by atoms with van der Waals surface area (Å²) in [4.78, 5) is 17.3. The lowest BCUT2D eigenvalue weighted by molar-refractivity contribution is -0.121. The summed E-state index contributed by atoms with van der Waals surface area (Å²) in [7, 11) is 1.91. The van der Waals surface area contributed by atoms with Crippen molar-refractivity contribution in [1.29, 1.82) is 0 Å². The normalized spacial score (nSPS) is 9.94. The van der Waals surface area contributed by atoms with E-state index in [1.807, 2.05) is 24.1 Å². The molecule has 90 valence electrons. The van der Waals surface area contributed by atoms with E-state index >= 15 is 0 Å². The van der Waals surface area contributed by atoms with Crippen molar-refractivity contribution in [3.05, 3.63) is 30.1 Å². The maximum atomic E-state index is 11.4. The van der Waals surface area contributed by atoms with E-state index in [4.69, 9.17) is 6.42 Å². The first-order valence-corrected chi connectivity index (χ1v) is 5.50. The van der Waals surface area contributed by atoms with E-state index in [1.165, 1.54) is 5.56 Å². The fourth-order valence-corrected chi connectivity index (χ4v) is 1.40. The molecule has 0 saturated heterocycles. The van der Waals surface area contributed by atoms with Crippen LogP contribution < -0.4 is 5.32 Å². The average Bonchev–Trinajstić information content (AvgIpc) is 2.35. The summed E-state index contributed by atoms with van der Waals surface area (Å²) in [5.74, 6) is 2.33. The number of terminal acetylenes is 1. The average molecular weight is 231 g/mol. The van der Waals surface area contributed by atoms with Gasteiger partial charge in [0.1, 0.15) is 0 Å². The van der Waals surface area contributed by atoms with Crippen LogP contribution in [0.3, 0.4) is 0 Å². The topological polar surface area (TPSA) is 45.2 Å². The van der Waals surface area contributed by atoms with Gasteiger partial charge in [0.05, 0.1) is 13.1 Å². The Bertz CT molecular complexity index is 383. The van der Waals surface area contributed by atoms with Gasteiger partial charge in [-0.1, -0.05) is 5.92 Å². The van der Waals surface area contributed by atoms with Gasteiger partial charge in [0, 0.05) is 18.9 Å². The molecule has 1 aromatic rings. The molecule has 0 aromatic carbocycles. The van der Waals surface area contributed by atoms with Crippen molar-refractivity contribution in [2.75, 3.05) is 26.7 Å². The van der Waals surface area contributed by atoms with Crippen LogP contribution in [0.1, 0.15) is 5.56 Å². The predicted molar refractivity (Wildman–Crippen MR) is 67.3 cm³/mol. The van der Waals surface area contributed by atoms with E-state index in [0.717, 1.165) is 13.0 Å². The van der Waals surface area contributed by atoms with Crippen LogP contribution in [0.4, 0.5) is 0 Å². The van der Waals surface area contributed by atoms with Crippen LogP contribution in [-0.4, -0.2) is 42.5 Å². The molecule has 17 heavy (non-hydrogen) atoms. The second-order valence-electron chi connectivity index (χ2n) is 3.82. The zero-order chi connectivity index (χ0) is 12.5. The zero-order valence-corrected chi connectivity index (χ0v) is 10.0. The third-order valence-electron chi connectivity index (χ3n) is 2.33. The lowest BCUT2D eigenvalue weighted by Crippen LogP contribution is -2.36. The highest BCUT2D eigenvalue weighted by Gasteiger charge is 2.05. The van der Waals surface area contributed by atoms with Crippen LogP contribution in [0.2, 0.25) is 0 Å². The first-order chi connectivity index (χ1) is 8.22. The van der Waals surface area contributed by atoms with Gasteiger partial charge in [-0.25, -0.2) is 0 Å². The van der Waals surface area contributed by atoms with E-state index in [0.29, 0.717) is 6.54 Å². The quantitative estimate of drug-likeness (QED) is 0.716. The molecule has 1 amide bonds. The van der Waals surface area contributed by atoms with Crippen LogP contribution in [-0.2, 0) is 11.2 Å². The van der Waals surface area contributed by atoms with E-state index in [2.05, 4.69) is 16.2 Å². The molecule has 1 heterocycles. The first-order valence-electron chi connectivity index (χ1n) is 5.50. The van der Waals surface area contributed by atoms with Gasteiger partial charge in [0.15, 0.2) is 0 Å². The maximum absolute atomic E-state index is 11.4. The van der Waals surface area contributed by atoms with E-state index in [1.54, 1.807) is 12.4 Å². The molecule has 0 aliphatic carbocycles. The Morgan fingerprint density at radius 2 is 2.24 bits per heavy atom. The molecular weight excluding hydrogens is 214 g/mol. The second kappa shape index (κ2) is 7.42. The molecule has 1 rings (SSSR count). The minimum Gasteiger partial charge on any atom is -0.344 e. The number of carbonyl (C=O) groups is 1. The van der Waals surface area contributed by atoms with Gasteiger partial charge in [-0.2, -0.15) is 0 Å². The number of hydrogen-bond acceptors (Lipinski definition) is 3. The molecule has 4 heteroatoms. The van der Waals surface area contributed by atoms with Gasteiger partial charge in [-0.3, -0.25) is 14.7 Å². The molecule has 0 spiro atoms. The maximum Gasteiger partial charge on any atom is 0.234 e. The highest BCUT2D eigenvalue weighted by atomic mass is 16.1. The van der Waals surface area contributed by atoms with Crippen LogP contribution in [0.25, 0.3) is 0 Å². The number of aromatic nitrogens is 1. The molecule has 0 radical (unpaired) electrons. The van der Waals surface area contributed by atoms with Crippen LogP contribution in [0, 0.1) is 12.3 Å². The van der Waals surface area contributed by atoms with E-state index in [-0.39, 0.29) is 12.5 Å². The standard InChI is InChI=1S/C13H17N3O/c1-3-7-15-13(17)11-16(2)10-6-12-4-8-14-9-5-12/h1,4-5,8-9H,6-7,10-11H2,2H3,(H,15,17).